The highest BCUT2D eigenvalue weighted by Gasteiger charge is 2.38. The van der Waals surface area contributed by atoms with Crippen LogP contribution in [-0.2, 0) is 5.41 Å². The molecule has 1 aromatic rings. The molecule has 5 heteroatoms. The normalized spacial score (nSPS) is 19.5. The summed E-state index contributed by atoms with van der Waals surface area (Å²) in [6.07, 6.45) is 6.20. The molecule has 2 aliphatic carbocycles. The van der Waals surface area contributed by atoms with Crippen LogP contribution in [0.3, 0.4) is 0 Å². The van der Waals surface area contributed by atoms with Gasteiger partial charge in [-0.1, -0.05) is 18.6 Å². The Bertz CT molecular complexity index is 522. The Labute approximate surface area is 155 Å². The van der Waals surface area contributed by atoms with E-state index in [0.29, 0.717) is 0 Å². The maximum atomic E-state index is 13.1. The number of hydrogen-bond acceptors (Lipinski definition) is 1. The van der Waals surface area contributed by atoms with E-state index in [-0.39, 0.29) is 35.2 Å². The zero-order chi connectivity index (χ0) is 15.4. The summed E-state index contributed by atoms with van der Waals surface area (Å²) in [7, 11) is 0. The highest BCUT2D eigenvalue weighted by atomic mass is 127. The first kappa shape index (κ1) is 18.5. The number of nitrogens with zero attached hydrogens (tertiary/aromatic N) is 1. The zero-order valence-corrected chi connectivity index (χ0v) is 16.1. The monoisotopic (exact) mass is 431 g/mol. The fraction of sp³-hybridized carbons (Fsp3) is 0.611. The van der Waals surface area contributed by atoms with Crippen LogP contribution in [0.5, 0.6) is 0 Å². The lowest BCUT2D eigenvalue weighted by molar-refractivity contribution is 0.253. The van der Waals surface area contributed by atoms with Crippen molar-refractivity contribution in [3.63, 3.8) is 0 Å². The molecule has 0 radical (unpaired) electrons. The van der Waals surface area contributed by atoms with Crippen LogP contribution in [0, 0.1) is 11.7 Å². The van der Waals surface area contributed by atoms with Crippen molar-refractivity contribution in [1.82, 2.24) is 10.6 Å². The van der Waals surface area contributed by atoms with Gasteiger partial charge < -0.3 is 10.6 Å². The molecule has 0 atom stereocenters. The van der Waals surface area contributed by atoms with Crippen molar-refractivity contribution in [2.45, 2.75) is 44.4 Å². The molecular formula is C18H27FIN3. The third-order valence-corrected chi connectivity index (χ3v) is 4.91. The Kier molecular flexibility index (Phi) is 6.68. The van der Waals surface area contributed by atoms with Crippen molar-refractivity contribution in [3.8, 4) is 0 Å². The quantitative estimate of drug-likeness (QED) is 0.408. The maximum Gasteiger partial charge on any atom is 0.191 e. The molecule has 2 saturated carbocycles. The minimum atomic E-state index is -0.166. The summed E-state index contributed by atoms with van der Waals surface area (Å²) in [5, 5.41) is 6.77. The number of benzene rings is 1. The highest BCUT2D eigenvalue weighted by Crippen LogP contribution is 2.44. The maximum absolute atomic E-state index is 13.1. The van der Waals surface area contributed by atoms with E-state index >= 15 is 0 Å². The largest absolute Gasteiger partial charge is 0.357 e. The molecule has 0 aliphatic heterocycles. The molecule has 128 valence electrons. The van der Waals surface area contributed by atoms with Gasteiger partial charge in [-0.05, 0) is 56.2 Å². The second kappa shape index (κ2) is 8.31. The summed E-state index contributed by atoms with van der Waals surface area (Å²) in [5.41, 5.74) is 1.33. The van der Waals surface area contributed by atoms with Gasteiger partial charge in [0.2, 0.25) is 0 Å². The van der Waals surface area contributed by atoms with Crippen LogP contribution in [-0.4, -0.2) is 25.6 Å². The molecule has 0 bridgehead atoms. The Morgan fingerprint density at radius 1 is 1.22 bits per heavy atom. The number of nitrogens with one attached hydrogen (secondary N) is 2. The molecule has 0 amide bonds. The summed E-state index contributed by atoms with van der Waals surface area (Å²) in [6, 6.07) is 6.98. The Morgan fingerprint density at radius 2 is 1.91 bits per heavy atom. The predicted molar refractivity (Wildman–Crippen MR) is 104 cm³/mol. The first-order valence-corrected chi connectivity index (χ1v) is 8.50. The van der Waals surface area contributed by atoms with Crippen LogP contribution >= 0.6 is 24.0 Å². The van der Waals surface area contributed by atoms with Gasteiger partial charge in [0.25, 0.3) is 0 Å². The van der Waals surface area contributed by atoms with Gasteiger partial charge in [0.05, 0.1) is 6.54 Å². The van der Waals surface area contributed by atoms with Gasteiger partial charge in [-0.3, -0.25) is 4.99 Å². The lowest BCUT2D eigenvalue weighted by Gasteiger charge is -2.41. The van der Waals surface area contributed by atoms with E-state index in [1.165, 1.54) is 24.8 Å². The van der Waals surface area contributed by atoms with E-state index in [1.807, 2.05) is 12.1 Å². The third-order valence-electron chi connectivity index (χ3n) is 4.91. The summed E-state index contributed by atoms with van der Waals surface area (Å²) in [6.45, 7) is 4.77. The minimum absolute atomic E-state index is 0. The Hall–Kier alpha value is -0.850. The molecule has 0 aromatic heterocycles. The van der Waals surface area contributed by atoms with Crippen molar-refractivity contribution in [1.29, 1.82) is 0 Å². The number of hydrogen-bond donors (Lipinski definition) is 2. The SMILES string of the molecule is CCNC(=NCC1(c2ccc(F)cc2)CCC1)NCC1CC1.I. The topological polar surface area (TPSA) is 36.4 Å². The van der Waals surface area contributed by atoms with Gasteiger partial charge in [-0.2, -0.15) is 0 Å². The van der Waals surface area contributed by atoms with Crippen LogP contribution in [0.15, 0.2) is 29.3 Å². The summed E-state index contributed by atoms with van der Waals surface area (Å²) < 4.78 is 13.1. The van der Waals surface area contributed by atoms with Crippen LogP contribution < -0.4 is 10.6 Å². The van der Waals surface area contributed by atoms with Crippen molar-refractivity contribution in [2.24, 2.45) is 10.9 Å². The third kappa shape index (κ3) is 4.81. The van der Waals surface area contributed by atoms with E-state index in [4.69, 9.17) is 4.99 Å². The minimum Gasteiger partial charge on any atom is -0.357 e. The van der Waals surface area contributed by atoms with Crippen LogP contribution in [0.2, 0.25) is 0 Å². The van der Waals surface area contributed by atoms with Crippen molar-refractivity contribution in [3.05, 3.63) is 35.6 Å². The van der Waals surface area contributed by atoms with Crippen molar-refractivity contribution >= 4 is 29.9 Å². The van der Waals surface area contributed by atoms with Gasteiger partial charge in [-0.25, -0.2) is 4.39 Å². The molecular weight excluding hydrogens is 404 g/mol. The molecule has 0 saturated heterocycles. The number of aliphatic imine (C=N–C) groups is 1. The fourth-order valence-electron chi connectivity index (χ4n) is 3.08. The van der Waals surface area contributed by atoms with Gasteiger partial charge in [0, 0.05) is 18.5 Å². The van der Waals surface area contributed by atoms with E-state index < -0.39 is 0 Å². The van der Waals surface area contributed by atoms with E-state index in [2.05, 4.69) is 17.6 Å². The Balaban J connectivity index is 0.00000192. The van der Waals surface area contributed by atoms with E-state index in [0.717, 1.165) is 44.4 Å². The lowest BCUT2D eigenvalue weighted by Crippen LogP contribution is -2.42. The van der Waals surface area contributed by atoms with Crippen molar-refractivity contribution < 1.29 is 4.39 Å². The van der Waals surface area contributed by atoms with E-state index in [9.17, 15) is 4.39 Å². The van der Waals surface area contributed by atoms with Gasteiger partial charge in [-0.15, -0.1) is 24.0 Å². The first-order valence-electron chi connectivity index (χ1n) is 8.50. The number of halogens is 2. The molecule has 0 heterocycles. The first-order chi connectivity index (χ1) is 10.7. The molecule has 2 N–H and O–H groups in total. The standard InChI is InChI=1S/C18H26FN3.HI/c1-2-20-17(21-12-14-4-5-14)22-13-18(10-3-11-18)15-6-8-16(19)9-7-15;/h6-9,14H,2-5,10-13H2,1H3,(H2,20,21,22);1H. The molecule has 2 aliphatic rings. The van der Waals surface area contributed by atoms with Crippen LogP contribution in [0.25, 0.3) is 0 Å². The Morgan fingerprint density at radius 3 is 2.43 bits per heavy atom. The van der Waals surface area contributed by atoms with Gasteiger partial charge in [0.15, 0.2) is 5.96 Å². The van der Waals surface area contributed by atoms with E-state index in [1.54, 1.807) is 12.1 Å². The fourth-order valence-corrected chi connectivity index (χ4v) is 3.08. The molecule has 1 aromatic carbocycles. The molecule has 2 fully saturated rings. The van der Waals surface area contributed by atoms with Gasteiger partial charge in [0.1, 0.15) is 5.82 Å². The number of guanidine groups is 1. The smallest absolute Gasteiger partial charge is 0.191 e. The average molecular weight is 431 g/mol. The second-order valence-corrected chi connectivity index (χ2v) is 6.66. The van der Waals surface area contributed by atoms with Crippen molar-refractivity contribution in [2.75, 3.05) is 19.6 Å². The molecule has 0 unspecified atom stereocenters. The lowest BCUT2D eigenvalue weighted by atomic mass is 9.64. The summed E-state index contributed by atoms with van der Waals surface area (Å²) >= 11 is 0. The molecule has 3 rings (SSSR count). The van der Waals surface area contributed by atoms with Gasteiger partial charge >= 0.3 is 0 Å². The molecule has 3 nitrogen and oxygen atoms in total. The van der Waals surface area contributed by atoms with Crippen LogP contribution in [0.4, 0.5) is 4.39 Å². The van der Waals surface area contributed by atoms with Crippen LogP contribution in [0.1, 0.15) is 44.6 Å². The molecule has 0 spiro atoms. The summed E-state index contributed by atoms with van der Waals surface area (Å²) in [4.78, 5) is 4.81. The second-order valence-electron chi connectivity index (χ2n) is 6.66. The zero-order valence-electron chi connectivity index (χ0n) is 13.8. The predicted octanol–water partition coefficient (Wildman–Crippen LogP) is 3.83. The molecule has 23 heavy (non-hydrogen) atoms. The average Bonchev–Trinajstić information content (AvgIpc) is 3.29. The summed E-state index contributed by atoms with van der Waals surface area (Å²) in [5.74, 6) is 1.59. The number of rotatable bonds is 6. The highest BCUT2D eigenvalue weighted by molar-refractivity contribution is 14.0.